The smallest absolute Gasteiger partial charge is 0.263 e. The predicted octanol–water partition coefficient (Wildman–Crippen LogP) is 4.29. The van der Waals surface area contributed by atoms with Gasteiger partial charge in [0.05, 0.1) is 11.6 Å². The molecule has 0 aliphatic heterocycles. The quantitative estimate of drug-likeness (QED) is 0.845. The Balaban J connectivity index is 1.80. The van der Waals surface area contributed by atoms with Crippen LogP contribution in [0.5, 0.6) is 0 Å². The van der Waals surface area contributed by atoms with Crippen LogP contribution in [0.1, 0.15) is 50.6 Å². The minimum Gasteiger partial charge on any atom is -0.300 e. The molecule has 0 radical (unpaired) electrons. The molecule has 0 saturated heterocycles. The third-order valence-corrected chi connectivity index (χ3v) is 4.45. The van der Waals surface area contributed by atoms with Gasteiger partial charge < -0.3 is 0 Å². The van der Waals surface area contributed by atoms with Gasteiger partial charge in [-0.2, -0.15) is 5.10 Å². The minimum absolute atomic E-state index is 0.00744. The molecule has 1 saturated carbocycles. The van der Waals surface area contributed by atoms with E-state index in [1.165, 1.54) is 12.1 Å². The Morgan fingerprint density at radius 1 is 1.29 bits per heavy atom. The first-order chi connectivity index (χ1) is 10.0. The number of benzene rings is 1. The maximum Gasteiger partial charge on any atom is 0.263 e. The van der Waals surface area contributed by atoms with Crippen molar-refractivity contribution < 1.29 is 13.6 Å². The summed E-state index contributed by atoms with van der Waals surface area (Å²) in [5, 5.41) is 5.33. The Morgan fingerprint density at radius 3 is 2.62 bits per heavy atom. The number of hydrogen-bond acceptors (Lipinski definition) is 2. The van der Waals surface area contributed by atoms with Crippen molar-refractivity contribution in [2.45, 2.75) is 45.1 Å². The molecular formula is C16H18F2N2O. The number of ketones is 1. The topological polar surface area (TPSA) is 34.9 Å². The predicted molar refractivity (Wildman–Crippen MR) is 76.4 cm³/mol. The number of rotatable bonds is 3. The molecular weight excluding hydrogens is 274 g/mol. The minimum atomic E-state index is -2.47. The molecule has 1 aliphatic carbocycles. The number of alkyl halides is 2. The van der Waals surface area contributed by atoms with Crippen LogP contribution in [0, 0.1) is 5.92 Å². The molecule has 1 heterocycles. The summed E-state index contributed by atoms with van der Waals surface area (Å²) in [4.78, 5) is 11.4. The zero-order valence-electron chi connectivity index (χ0n) is 11.9. The molecule has 3 nitrogen and oxygen atoms in total. The number of halogens is 2. The lowest BCUT2D eigenvalue weighted by Gasteiger charge is -2.27. The van der Waals surface area contributed by atoms with E-state index >= 15 is 0 Å². The highest BCUT2D eigenvalue weighted by atomic mass is 19.3. The van der Waals surface area contributed by atoms with Crippen molar-refractivity contribution in [3.8, 4) is 0 Å². The molecule has 0 unspecified atom stereocenters. The van der Waals surface area contributed by atoms with E-state index in [0.29, 0.717) is 5.52 Å². The summed E-state index contributed by atoms with van der Waals surface area (Å²) in [6, 6.07) is 4.87. The largest absolute Gasteiger partial charge is 0.300 e. The summed E-state index contributed by atoms with van der Waals surface area (Å²) in [7, 11) is 0. The molecule has 0 spiro atoms. The molecule has 0 bridgehead atoms. The van der Waals surface area contributed by atoms with Gasteiger partial charge in [0, 0.05) is 23.1 Å². The van der Waals surface area contributed by atoms with Crippen LogP contribution in [-0.2, 0) is 4.79 Å². The Bertz CT molecular complexity index is 657. The monoisotopic (exact) mass is 292 g/mol. The Hall–Kier alpha value is -1.78. The molecule has 0 atom stereocenters. The van der Waals surface area contributed by atoms with Crippen molar-refractivity contribution in [3.63, 3.8) is 0 Å². The van der Waals surface area contributed by atoms with Gasteiger partial charge in [-0.3, -0.25) is 9.48 Å². The van der Waals surface area contributed by atoms with Crippen LogP contribution < -0.4 is 0 Å². The molecule has 1 aromatic carbocycles. The lowest BCUT2D eigenvalue weighted by atomic mass is 9.84. The number of carbonyl (C=O) groups excluding carboxylic acids is 1. The molecule has 2 aromatic rings. The highest BCUT2D eigenvalue weighted by Crippen LogP contribution is 2.33. The van der Waals surface area contributed by atoms with Gasteiger partial charge in [0.1, 0.15) is 5.78 Å². The van der Waals surface area contributed by atoms with E-state index in [1.807, 2.05) is 10.9 Å². The molecule has 0 amide bonds. The summed E-state index contributed by atoms with van der Waals surface area (Å²) in [6.07, 6.45) is 3.06. The van der Waals surface area contributed by atoms with Gasteiger partial charge in [-0.25, -0.2) is 8.78 Å². The third kappa shape index (κ3) is 2.82. The molecule has 1 aliphatic rings. The number of carbonyl (C=O) groups is 1. The second-order valence-corrected chi connectivity index (χ2v) is 5.84. The third-order valence-electron chi connectivity index (χ3n) is 4.45. The van der Waals surface area contributed by atoms with Crippen LogP contribution in [0.3, 0.4) is 0 Å². The fraction of sp³-hybridized carbons (Fsp3) is 0.500. The zero-order valence-corrected chi connectivity index (χ0v) is 11.9. The average Bonchev–Trinajstić information content (AvgIpc) is 2.90. The van der Waals surface area contributed by atoms with Crippen molar-refractivity contribution in [1.29, 1.82) is 0 Å². The van der Waals surface area contributed by atoms with Crippen molar-refractivity contribution in [2.75, 3.05) is 0 Å². The second kappa shape index (κ2) is 5.54. The fourth-order valence-electron chi connectivity index (χ4n) is 3.12. The molecule has 3 rings (SSSR count). The number of aromatic nitrogens is 2. The molecule has 112 valence electrons. The summed E-state index contributed by atoms with van der Waals surface area (Å²) in [5.41, 5.74) is 0.620. The number of fused-ring (bicyclic) bond motifs is 1. The fourth-order valence-corrected chi connectivity index (χ4v) is 3.12. The normalized spacial score (nSPS) is 22.9. The Morgan fingerprint density at radius 2 is 2.00 bits per heavy atom. The van der Waals surface area contributed by atoms with Gasteiger partial charge in [-0.15, -0.1) is 0 Å². The summed E-state index contributed by atoms with van der Waals surface area (Å²) >= 11 is 0. The second-order valence-electron chi connectivity index (χ2n) is 5.84. The van der Waals surface area contributed by atoms with Gasteiger partial charge in [0.25, 0.3) is 6.43 Å². The van der Waals surface area contributed by atoms with Gasteiger partial charge >= 0.3 is 0 Å². The first kappa shape index (κ1) is 14.2. The van der Waals surface area contributed by atoms with Crippen molar-refractivity contribution in [3.05, 3.63) is 30.0 Å². The van der Waals surface area contributed by atoms with Crippen LogP contribution in [0.15, 0.2) is 24.4 Å². The molecule has 21 heavy (non-hydrogen) atoms. The van der Waals surface area contributed by atoms with E-state index in [1.54, 1.807) is 13.0 Å². The van der Waals surface area contributed by atoms with Crippen molar-refractivity contribution in [2.24, 2.45) is 5.92 Å². The van der Waals surface area contributed by atoms with Crippen LogP contribution >= 0.6 is 0 Å². The van der Waals surface area contributed by atoms with Gasteiger partial charge in [-0.1, -0.05) is 12.1 Å². The van der Waals surface area contributed by atoms with Crippen molar-refractivity contribution >= 4 is 16.7 Å². The van der Waals surface area contributed by atoms with Crippen LogP contribution in [0.2, 0.25) is 0 Å². The standard InChI is InChI=1S/C16H18F2N2O/c1-10(21)11-4-6-14(7-5-11)20-9-13-3-2-12(16(17)18)8-15(13)19-20/h2-3,8-9,11,14,16H,4-7H2,1H3. The van der Waals surface area contributed by atoms with E-state index in [-0.39, 0.29) is 23.3 Å². The van der Waals surface area contributed by atoms with Gasteiger partial charge in [0.15, 0.2) is 0 Å². The highest BCUT2D eigenvalue weighted by Gasteiger charge is 2.25. The number of hydrogen-bond donors (Lipinski definition) is 0. The van der Waals surface area contributed by atoms with E-state index < -0.39 is 6.43 Å². The number of nitrogens with zero attached hydrogens (tertiary/aromatic N) is 2. The van der Waals surface area contributed by atoms with Crippen LogP contribution in [0.25, 0.3) is 10.9 Å². The van der Waals surface area contributed by atoms with Gasteiger partial charge in [0.2, 0.25) is 0 Å². The lowest BCUT2D eigenvalue weighted by molar-refractivity contribution is -0.121. The average molecular weight is 292 g/mol. The van der Waals surface area contributed by atoms with Crippen LogP contribution in [0.4, 0.5) is 8.78 Å². The van der Waals surface area contributed by atoms with Crippen molar-refractivity contribution in [1.82, 2.24) is 9.78 Å². The molecule has 0 N–H and O–H groups in total. The Labute approximate surface area is 121 Å². The summed E-state index contributed by atoms with van der Waals surface area (Å²) in [5.74, 6) is 0.442. The lowest BCUT2D eigenvalue weighted by Crippen LogP contribution is -2.22. The molecule has 1 aromatic heterocycles. The van der Waals surface area contributed by atoms with E-state index in [0.717, 1.165) is 31.1 Å². The summed E-state index contributed by atoms with van der Waals surface area (Å²) < 4.78 is 27.3. The zero-order chi connectivity index (χ0) is 15.0. The SMILES string of the molecule is CC(=O)C1CCC(n2cc3ccc(C(F)F)cc3n2)CC1. The van der Waals surface area contributed by atoms with E-state index in [9.17, 15) is 13.6 Å². The Kier molecular flexibility index (Phi) is 3.74. The maximum atomic E-state index is 12.7. The summed E-state index contributed by atoms with van der Waals surface area (Å²) in [6.45, 7) is 1.65. The first-order valence-corrected chi connectivity index (χ1v) is 7.32. The van der Waals surface area contributed by atoms with E-state index in [2.05, 4.69) is 5.10 Å². The number of Topliss-reactive ketones (excluding diaryl/α,β-unsaturated/α-hetero) is 1. The molecule has 1 fully saturated rings. The highest BCUT2D eigenvalue weighted by molar-refractivity contribution is 5.79. The van der Waals surface area contributed by atoms with Gasteiger partial charge in [-0.05, 0) is 38.7 Å². The first-order valence-electron chi connectivity index (χ1n) is 7.32. The van der Waals surface area contributed by atoms with Crippen LogP contribution in [-0.4, -0.2) is 15.6 Å². The molecule has 5 heteroatoms. The van der Waals surface area contributed by atoms with E-state index in [4.69, 9.17) is 0 Å². The maximum absolute atomic E-state index is 12.7.